The molecule has 1 heterocycles. The number of nitrogens with zero attached hydrogens (tertiary/aromatic N) is 3. The summed E-state index contributed by atoms with van der Waals surface area (Å²) in [6.07, 6.45) is 0. The van der Waals surface area contributed by atoms with Crippen LogP contribution >= 0.6 is 0 Å². The molecular weight excluding hydrogens is 373 g/mol. The Morgan fingerprint density at radius 2 is 2.00 bits per heavy atom. The lowest BCUT2D eigenvalue weighted by Crippen LogP contribution is -2.27. The Morgan fingerprint density at radius 1 is 1.22 bits per heavy atom. The Bertz CT molecular complexity index is 1070. The predicted octanol–water partition coefficient (Wildman–Crippen LogP) is 3.01. The van der Waals surface area contributed by atoms with Gasteiger partial charge in [0, 0.05) is 12.6 Å². The summed E-state index contributed by atoms with van der Waals surface area (Å²) in [5.74, 6) is -0.146. The number of halogens is 1. The Hall–Kier alpha value is -2.78. The highest BCUT2D eigenvalue weighted by molar-refractivity contribution is 7.89. The molecule has 0 atom stereocenters. The average molecular weight is 391 g/mol. The van der Waals surface area contributed by atoms with Crippen LogP contribution in [0.1, 0.15) is 11.5 Å². The van der Waals surface area contributed by atoms with E-state index < -0.39 is 15.8 Å². The number of hydrogen-bond donors (Lipinski definition) is 0. The molecule has 27 heavy (non-hydrogen) atoms. The van der Waals surface area contributed by atoms with Crippen molar-refractivity contribution in [2.45, 2.75) is 18.4 Å². The van der Waals surface area contributed by atoms with Gasteiger partial charge < -0.3 is 9.26 Å². The zero-order valence-corrected chi connectivity index (χ0v) is 15.8. The summed E-state index contributed by atoms with van der Waals surface area (Å²) < 4.78 is 50.3. The molecule has 3 rings (SSSR count). The highest BCUT2D eigenvalue weighted by atomic mass is 32.2. The van der Waals surface area contributed by atoms with Crippen molar-refractivity contribution < 1.29 is 22.1 Å². The van der Waals surface area contributed by atoms with Crippen LogP contribution in [-0.4, -0.2) is 37.0 Å². The zero-order valence-electron chi connectivity index (χ0n) is 15.0. The van der Waals surface area contributed by atoms with E-state index >= 15 is 0 Å². The first-order chi connectivity index (χ1) is 12.8. The van der Waals surface area contributed by atoms with Crippen LogP contribution in [0.25, 0.3) is 11.4 Å². The van der Waals surface area contributed by atoms with E-state index in [2.05, 4.69) is 10.1 Å². The number of aryl methyl sites for hydroxylation is 1. The van der Waals surface area contributed by atoms with Gasteiger partial charge in [-0.15, -0.1) is 0 Å². The first-order valence-electron chi connectivity index (χ1n) is 8.01. The van der Waals surface area contributed by atoms with E-state index in [0.717, 1.165) is 27.6 Å². The topological polar surface area (TPSA) is 85.5 Å². The third-order valence-electron chi connectivity index (χ3n) is 3.92. The predicted molar refractivity (Wildman–Crippen MR) is 96.1 cm³/mol. The number of aromatic nitrogens is 2. The first-order valence-corrected chi connectivity index (χ1v) is 9.45. The standard InChI is InChI=1S/C18H18FN3O4S/c1-12-5-4-6-13(9-12)18-20-17(26-21-18)11-22(2)27(23,24)16-10-14(19)7-8-15(16)25-3/h4-10H,11H2,1-3H3. The first kappa shape index (κ1) is 19.0. The van der Waals surface area contributed by atoms with E-state index in [1.54, 1.807) is 0 Å². The van der Waals surface area contributed by atoms with Crippen LogP contribution in [0, 0.1) is 12.7 Å². The zero-order chi connectivity index (χ0) is 19.6. The van der Waals surface area contributed by atoms with Gasteiger partial charge in [-0.2, -0.15) is 9.29 Å². The van der Waals surface area contributed by atoms with Crippen LogP contribution in [0.15, 0.2) is 51.9 Å². The van der Waals surface area contributed by atoms with Gasteiger partial charge in [-0.1, -0.05) is 28.9 Å². The third-order valence-corrected chi connectivity index (χ3v) is 5.74. The van der Waals surface area contributed by atoms with Gasteiger partial charge in [0.05, 0.1) is 13.7 Å². The lowest BCUT2D eigenvalue weighted by molar-refractivity contribution is 0.335. The fraction of sp³-hybridized carbons (Fsp3) is 0.222. The molecule has 3 aromatic rings. The van der Waals surface area contributed by atoms with Crippen LogP contribution in [0.5, 0.6) is 5.75 Å². The number of benzene rings is 2. The molecule has 0 saturated heterocycles. The number of rotatable bonds is 6. The van der Waals surface area contributed by atoms with Crippen molar-refractivity contribution in [3.8, 4) is 17.1 Å². The molecule has 0 amide bonds. The summed E-state index contributed by atoms with van der Waals surface area (Å²) in [4.78, 5) is 3.97. The minimum atomic E-state index is -4.02. The summed E-state index contributed by atoms with van der Waals surface area (Å²) in [5.41, 5.74) is 1.80. The molecular formula is C18H18FN3O4S. The van der Waals surface area contributed by atoms with Crippen molar-refractivity contribution in [3.05, 3.63) is 59.7 Å². The van der Waals surface area contributed by atoms with Crippen LogP contribution in [-0.2, 0) is 16.6 Å². The quantitative estimate of drug-likeness (QED) is 0.642. The van der Waals surface area contributed by atoms with Crippen molar-refractivity contribution in [3.63, 3.8) is 0 Å². The summed E-state index contributed by atoms with van der Waals surface area (Å²) in [6, 6.07) is 10.8. The van der Waals surface area contributed by atoms with E-state index in [1.807, 2.05) is 31.2 Å². The van der Waals surface area contributed by atoms with Gasteiger partial charge in [0.25, 0.3) is 0 Å². The number of methoxy groups -OCH3 is 1. The smallest absolute Gasteiger partial charge is 0.247 e. The van der Waals surface area contributed by atoms with E-state index in [9.17, 15) is 12.8 Å². The second-order valence-electron chi connectivity index (χ2n) is 5.94. The van der Waals surface area contributed by atoms with Crippen LogP contribution in [0.3, 0.4) is 0 Å². The van der Waals surface area contributed by atoms with Crippen molar-refractivity contribution in [1.29, 1.82) is 0 Å². The number of sulfonamides is 1. The fourth-order valence-electron chi connectivity index (χ4n) is 2.52. The Morgan fingerprint density at radius 3 is 2.70 bits per heavy atom. The summed E-state index contributed by atoms with van der Waals surface area (Å²) >= 11 is 0. The van der Waals surface area contributed by atoms with Gasteiger partial charge in [-0.05, 0) is 31.2 Å². The van der Waals surface area contributed by atoms with Gasteiger partial charge in [0.2, 0.25) is 21.7 Å². The van der Waals surface area contributed by atoms with Crippen molar-refractivity contribution in [1.82, 2.24) is 14.4 Å². The van der Waals surface area contributed by atoms with E-state index in [0.29, 0.717) is 5.82 Å². The van der Waals surface area contributed by atoms with Gasteiger partial charge in [0.1, 0.15) is 16.5 Å². The summed E-state index contributed by atoms with van der Waals surface area (Å²) in [6.45, 7) is 1.78. The van der Waals surface area contributed by atoms with Crippen molar-refractivity contribution in [2.75, 3.05) is 14.2 Å². The molecule has 7 nitrogen and oxygen atoms in total. The molecule has 0 spiro atoms. The monoisotopic (exact) mass is 391 g/mol. The molecule has 0 aliphatic carbocycles. The third kappa shape index (κ3) is 3.99. The maximum Gasteiger partial charge on any atom is 0.247 e. The maximum absolute atomic E-state index is 13.5. The normalized spacial score (nSPS) is 11.7. The Labute approximate surface area is 156 Å². The van der Waals surface area contributed by atoms with Gasteiger partial charge in [-0.3, -0.25) is 0 Å². The molecule has 9 heteroatoms. The number of hydrogen-bond acceptors (Lipinski definition) is 6. The van der Waals surface area contributed by atoms with Crippen molar-refractivity contribution >= 4 is 10.0 Å². The summed E-state index contributed by atoms with van der Waals surface area (Å²) in [7, 11) is -1.36. The summed E-state index contributed by atoms with van der Waals surface area (Å²) in [5, 5.41) is 3.89. The molecule has 0 radical (unpaired) electrons. The van der Waals surface area contributed by atoms with Gasteiger partial charge in [-0.25, -0.2) is 12.8 Å². The SMILES string of the molecule is COc1ccc(F)cc1S(=O)(=O)N(C)Cc1nc(-c2cccc(C)c2)no1. The second-order valence-corrected chi connectivity index (χ2v) is 7.95. The number of ether oxygens (including phenoxy) is 1. The average Bonchev–Trinajstić information content (AvgIpc) is 3.10. The van der Waals surface area contributed by atoms with E-state index in [-0.39, 0.29) is 23.1 Å². The fourth-order valence-corrected chi connectivity index (χ4v) is 3.80. The molecule has 0 saturated carbocycles. The minimum Gasteiger partial charge on any atom is -0.495 e. The molecule has 1 aromatic heterocycles. The Kier molecular flexibility index (Phi) is 5.24. The van der Waals surface area contributed by atoms with Crippen molar-refractivity contribution in [2.24, 2.45) is 0 Å². The van der Waals surface area contributed by atoms with Gasteiger partial charge >= 0.3 is 0 Å². The van der Waals surface area contributed by atoms with E-state index in [1.165, 1.54) is 20.2 Å². The lowest BCUT2D eigenvalue weighted by atomic mass is 10.1. The molecule has 142 valence electrons. The molecule has 0 fully saturated rings. The minimum absolute atomic E-state index is 0.0502. The van der Waals surface area contributed by atoms with Crippen LogP contribution < -0.4 is 4.74 Å². The molecule has 0 aliphatic rings. The van der Waals surface area contributed by atoms with Gasteiger partial charge in [0.15, 0.2) is 0 Å². The highest BCUT2D eigenvalue weighted by Crippen LogP contribution is 2.27. The molecule has 0 aliphatic heterocycles. The molecule has 0 N–H and O–H groups in total. The molecule has 2 aromatic carbocycles. The van der Waals surface area contributed by atoms with Crippen LogP contribution in [0.4, 0.5) is 4.39 Å². The Balaban J connectivity index is 1.85. The lowest BCUT2D eigenvalue weighted by Gasteiger charge is -2.17. The maximum atomic E-state index is 13.5. The van der Waals surface area contributed by atoms with E-state index in [4.69, 9.17) is 9.26 Å². The highest BCUT2D eigenvalue weighted by Gasteiger charge is 2.27. The molecule has 0 unspecified atom stereocenters. The van der Waals surface area contributed by atoms with Crippen LogP contribution in [0.2, 0.25) is 0 Å². The molecule has 0 bridgehead atoms. The second kappa shape index (κ2) is 7.45. The largest absolute Gasteiger partial charge is 0.495 e.